The Morgan fingerprint density at radius 1 is 0.623 bits per heavy atom. The van der Waals surface area contributed by atoms with Crippen molar-refractivity contribution in [1.29, 1.82) is 0 Å². The number of nitrogens with zero attached hydrogens (tertiary/aromatic N) is 3. The molecule has 0 aliphatic carbocycles. The number of aliphatic hydroxyl groups excluding tert-OH is 2. The maximum atomic E-state index is 13.2. The lowest BCUT2D eigenvalue weighted by atomic mass is 10.1. The number of hydrogen-bond donors (Lipinski definition) is 4. The summed E-state index contributed by atoms with van der Waals surface area (Å²) in [7, 11) is 0. The third kappa shape index (κ3) is 7.74. The van der Waals surface area contributed by atoms with Gasteiger partial charge in [-0.2, -0.15) is 0 Å². The zero-order valence-corrected chi connectivity index (χ0v) is 28.8. The highest BCUT2D eigenvalue weighted by molar-refractivity contribution is 5.99. The molecule has 2 saturated heterocycles. The van der Waals surface area contributed by atoms with Crippen molar-refractivity contribution in [3.05, 3.63) is 127 Å². The number of rotatable bonds is 10. The van der Waals surface area contributed by atoms with E-state index in [1.54, 1.807) is 109 Å². The van der Waals surface area contributed by atoms with Crippen molar-refractivity contribution in [2.75, 3.05) is 23.7 Å². The predicted octanol–water partition coefficient (Wildman–Crippen LogP) is 5.33. The Hall–Kier alpha value is -6.11. The van der Waals surface area contributed by atoms with E-state index in [9.17, 15) is 29.4 Å². The molecule has 4 amide bonds. The monoisotopic (exact) mass is 713 g/mol. The van der Waals surface area contributed by atoms with Crippen LogP contribution in [0.3, 0.4) is 0 Å². The van der Waals surface area contributed by atoms with Crippen LogP contribution < -0.4 is 10.6 Å². The molecule has 0 bridgehead atoms. The van der Waals surface area contributed by atoms with Gasteiger partial charge in [0.1, 0.15) is 12.1 Å². The lowest BCUT2D eigenvalue weighted by Crippen LogP contribution is -2.45. The van der Waals surface area contributed by atoms with E-state index in [0.717, 1.165) is 5.56 Å². The van der Waals surface area contributed by atoms with Crippen molar-refractivity contribution in [2.24, 2.45) is 0 Å². The first-order valence-electron chi connectivity index (χ1n) is 17.6. The van der Waals surface area contributed by atoms with E-state index >= 15 is 0 Å². The molecule has 1 aromatic heterocycles. The van der Waals surface area contributed by atoms with Gasteiger partial charge in [0.2, 0.25) is 17.7 Å². The molecule has 12 nitrogen and oxygen atoms in total. The van der Waals surface area contributed by atoms with Crippen molar-refractivity contribution < 1.29 is 33.8 Å². The molecule has 4 N–H and O–H groups in total. The van der Waals surface area contributed by atoms with Crippen molar-refractivity contribution in [2.45, 2.75) is 50.0 Å². The largest absolute Gasteiger partial charge is 0.436 e. The molecule has 4 aromatic carbocycles. The first-order chi connectivity index (χ1) is 25.8. The number of carbonyl (C=O) groups is 4. The fraction of sp³-hybridized carbons (Fsp3) is 0.244. The Kier molecular flexibility index (Phi) is 10.4. The van der Waals surface area contributed by atoms with Crippen molar-refractivity contribution in [3.8, 4) is 22.8 Å². The molecule has 7 rings (SSSR count). The van der Waals surface area contributed by atoms with Crippen LogP contribution in [0.25, 0.3) is 22.8 Å². The van der Waals surface area contributed by atoms with E-state index in [1.165, 1.54) is 9.80 Å². The normalized spacial score (nSPS) is 18.0. The molecular weight excluding hydrogens is 674 g/mol. The molecule has 2 fully saturated rings. The van der Waals surface area contributed by atoms with Gasteiger partial charge in [0, 0.05) is 35.6 Å². The van der Waals surface area contributed by atoms with Crippen molar-refractivity contribution in [3.63, 3.8) is 0 Å². The zero-order chi connectivity index (χ0) is 36.9. The zero-order valence-electron chi connectivity index (χ0n) is 28.8. The topological polar surface area (TPSA) is 165 Å². The molecule has 2 aliphatic rings. The molecule has 3 heterocycles. The fourth-order valence-corrected chi connectivity index (χ4v) is 6.88. The van der Waals surface area contributed by atoms with Gasteiger partial charge in [-0.15, -0.1) is 0 Å². The van der Waals surface area contributed by atoms with E-state index in [-0.39, 0.29) is 11.8 Å². The number of aromatic nitrogens is 1. The van der Waals surface area contributed by atoms with Gasteiger partial charge in [-0.3, -0.25) is 19.2 Å². The van der Waals surface area contributed by atoms with Crippen LogP contribution in [0.15, 0.2) is 120 Å². The van der Waals surface area contributed by atoms with Gasteiger partial charge in [0.15, 0.2) is 18.0 Å². The van der Waals surface area contributed by atoms with E-state index in [4.69, 9.17) is 4.42 Å². The second-order valence-corrected chi connectivity index (χ2v) is 13.2. The van der Waals surface area contributed by atoms with Crippen LogP contribution in [0.5, 0.6) is 0 Å². The Bertz CT molecular complexity index is 1920. The van der Waals surface area contributed by atoms with Gasteiger partial charge in [0.25, 0.3) is 11.8 Å². The highest BCUT2D eigenvalue weighted by Gasteiger charge is 2.38. The minimum Gasteiger partial charge on any atom is -0.436 e. The summed E-state index contributed by atoms with van der Waals surface area (Å²) in [5, 5.41) is 27.0. The first kappa shape index (κ1) is 35.3. The number of nitrogens with one attached hydrogen (secondary N) is 2. The van der Waals surface area contributed by atoms with Crippen LogP contribution in [0.2, 0.25) is 0 Å². The Morgan fingerprint density at radius 3 is 1.51 bits per heavy atom. The second kappa shape index (κ2) is 15.6. The van der Waals surface area contributed by atoms with Gasteiger partial charge in [-0.25, -0.2) is 4.98 Å². The summed E-state index contributed by atoms with van der Waals surface area (Å²) in [5.74, 6) is -0.732. The number of anilines is 2. The number of oxazole rings is 1. The average Bonchev–Trinajstić information content (AvgIpc) is 4.00. The standard InChI is InChI=1S/C41H39N5O7/c47-35(27-9-3-1-4-10-27)40(51)45-23-7-13-32(45)37(49)43-30-19-15-26(16-20-30)34-25-42-39(53-34)29-17-21-31(22-18-29)44-38(50)33-14-8-24-46(33)41(52)36(48)28-11-5-2-6-12-28/h1-6,9-12,15-22,25,32-33,35-36,47-48H,7-8,13-14,23-24H2,(H,43,49)(H,44,50)/t32?,33?,35-,36-/m0/s1. The van der Waals surface area contributed by atoms with Gasteiger partial charge < -0.3 is 35.1 Å². The summed E-state index contributed by atoms with van der Waals surface area (Å²) in [4.78, 5) is 59.8. The van der Waals surface area contributed by atoms with Crippen LogP contribution in [0.4, 0.5) is 11.4 Å². The number of carbonyl (C=O) groups excluding carboxylic acids is 4. The minimum atomic E-state index is -1.33. The third-order valence-electron chi connectivity index (χ3n) is 9.72. The highest BCUT2D eigenvalue weighted by Crippen LogP contribution is 2.30. The van der Waals surface area contributed by atoms with Crippen LogP contribution in [-0.2, 0) is 19.2 Å². The number of aliphatic hydroxyl groups is 2. The molecule has 2 unspecified atom stereocenters. The summed E-state index contributed by atoms with van der Waals surface area (Å²) >= 11 is 0. The quantitative estimate of drug-likeness (QED) is 0.151. The summed E-state index contributed by atoms with van der Waals surface area (Å²) in [6.07, 6.45) is 1.28. The van der Waals surface area contributed by atoms with Crippen molar-refractivity contribution >= 4 is 35.0 Å². The van der Waals surface area contributed by atoms with E-state index < -0.39 is 36.1 Å². The molecule has 0 radical (unpaired) electrons. The van der Waals surface area contributed by atoms with E-state index in [2.05, 4.69) is 15.6 Å². The summed E-state index contributed by atoms with van der Waals surface area (Å²) in [6, 6.07) is 30.1. The van der Waals surface area contributed by atoms with E-state index in [1.807, 2.05) is 6.07 Å². The Morgan fingerprint density at radius 2 is 1.06 bits per heavy atom. The van der Waals surface area contributed by atoms with Gasteiger partial charge in [-0.05, 0) is 85.3 Å². The number of benzene rings is 4. The van der Waals surface area contributed by atoms with Gasteiger partial charge in [0.05, 0.1) is 6.20 Å². The van der Waals surface area contributed by atoms with Crippen LogP contribution in [0.1, 0.15) is 49.0 Å². The molecule has 0 saturated carbocycles. The molecule has 53 heavy (non-hydrogen) atoms. The lowest BCUT2D eigenvalue weighted by Gasteiger charge is -2.26. The fourth-order valence-electron chi connectivity index (χ4n) is 6.88. The highest BCUT2D eigenvalue weighted by atomic mass is 16.4. The van der Waals surface area contributed by atoms with Crippen molar-refractivity contribution in [1.82, 2.24) is 14.8 Å². The predicted molar refractivity (Wildman–Crippen MR) is 197 cm³/mol. The minimum absolute atomic E-state index is 0.318. The van der Waals surface area contributed by atoms with Crippen LogP contribution in [-0.4, -0.2) is 73.8 Å². The average molecular weight is 714 g/mol. The molecule has 4 atom stereocenters. The smallest absolute Gasteiger partial charge is 0.256 e. The summed E-state index contributed by atoms with van der Waals surface area (Å²) in [6.45, 7) is 0.792. The SMILES string of the molecule is O=C(Nc1ccc(-c2cnc(-c3ccc(NC(=O)C4CCCN4C(=O)[C@@H](O)c4ccccc4)cc3)o2)cc1)C1CCCN1C(=O)[C@@H](O)c1ccccc1. The van der Waals surface area contributed by atoms with Gasteiger partial charge >= 0.3 is 0 Å². The lowest BCUT2D eigenvalue weighted by molar-refractivity contribution is -0.144. The van der Waals surface area contributed by atoms with Crippen LogP contribution in [0, 0.1) is 0 Å². The maximum Gasteiger partial charge on any atom is 0.256 e. The summed E-state index contributed by atoms with van der Waals surface area (Å²) < 4.78 is 6.04. The molecule has 270 valence electrons. The second-order valence-electron chi connectivity index (χ2n) is 13.2. The third-order valence-corrected chi connectivity index (χ3v) is 9.72. The number of likely N-dealkylation sites (tertiary alicyclic amines) is 2. The van der Waals surface area contributed by atoms with Gasteiger partial charge in [-0.1, -0.05) is 60.7 Å². The molecule has 5 aromatic rings. The van der Waals surface area contributed by atoms with E-state index in [0.29, 0.717) is 78.5 Å². The summed E-state index contributed by atoms with van der Waals surface area (Å²) in [5.41, 5.74) is 3.50. The Balaban J connectivity index is 0.938. The Labute approximate surface area is 306 Å². The maximum absolute atomic E-state index is 13.2. The number of amides is 4. The molecule has 2 aliphatic heterocycles. The molecule has 12 heteroatoms. The molecule has 0 spiro atoms. The first-order valence-corrected chi connectivity index (χ1v) is 17.6. The molecular formula is C41H39N5O7. The van der Waals surface area contributed by atoms with Crippen LogP contribution >= 0.6 is 0 Å². The number of hydrogen-bond acceptors (Lipinski definition) is 8.